The number of aromatic amines is 3. The molecule has 0 bridgehead atoms. The minimum absolute atomic E-state index is 0.154. The smallest absolute Gasteiger partial charge is 0.326 e. The maximum atomic E-state index is 14.9. The Morgan fingerprint density at radius 2 is 1.10 bits per heavy atom. The number of aryl methyl sites for hydroxylation is 4. The van der Waals surface area contributed by atoms with Crippen molar-refractivity contribution in [3.8, 4) is 35.3 Å². The molecule has 478 valence electrons. The number of aromatic nitrogens is 12. The molecule has 2 saturated heterocycles. The summed E-state index contributed by atoms with van der Waals surface area (Å²) in [5.41, 5.74) is 27.1. The highest BCUT2D eigenvalue weighted by molar-refractivity contribution is 6.18. The van der Waals surface area contributed by atoms with E-state index in [1.165, 1.54) is 18.2 Å². The first-order chi connectivity index (χ1) is 45.0. The lowest BCUT2D eigenvalue weighted by molar-refractivity contribution is 0.0559. The van der Waals surface area contributed by atoms with Crippen LogP contribution in [0.1, 0.15) is 41.8 Å². The maximum Gasteiger partial charge on any atom is 0.326 e. The number of nitrogens with two attached hydrogens (primary N) is 3. The average Bonchev–Trinajstić information content (AvgIpc) is 1.73. The van der Waals surface area contributed by atoms with Crippen molar-refractivity contribution in [2.45, 2.75) is 59.0 Å². The molecule has 1 spiro atoms. The van der Waals surface area contributed by atoms with Crippen LogP contribution in [0.4, 0.5) is 47.7 Å². The summed E-state index contributed by atoms with van der Waals surface area (Å²) < 4.78 is 62.0. The van der Waals surface area contributed by atoms with Gasteiger partial charge in [-0.15, -0.1) is 0 Å². The van der Waals surface area contributed by atoms with E-state index < -0.39 is 0 Å². The Labute approximate surface area is 531 Å². The van der Waals surface area contributed by atoms with E-state index >= 15 is 0 Å². The minimum atomic E-state index is -0.318. The summed E-state index contributed by atoms with van der Waals surface area (Å²) in [5, 5.41) is 16.7. The molecule has 93 heavy (non-hydrogen) atoms. The minimum Gasteiger partial charge on any atom is -0.423 e. The molecule has 4 fully saturated rings. The number of rotatable bonds is 15. The molecule has 0 radical (unpaired) electrons. The van der Waals surface area contributed by atoms with Crippen LogP contribution in [0.3, 0.4) is 0 Å². The molecule has 13 N–H and O–H groups in total. The number of halogens is 3. The second kappa shape index (κ2) is 24.0. The predicted molar refractivity (Wildman–Crippen MR) is 356 cm³/mol. The Kier molecular flexibility index (Phi) is 15.5. The molecule has 3 aromatic carbocycles. The fraction of sp³-hybridized carbons (Fsp3) is 0.318. The SMILES string of the molecule is CNc1cc(F)c(C)c2c1[nH]c1nc(Oc3ccc(C)nc3)nc(N3CC4(CCC4N)C3)c12.CNc1cc(F)c(C)c2c1[nH]c1nc(Oc3ccc(C)nc3)nc(NCCCN)c12.CNc1ccc(F)c2c1[nH]c1nc(Oc3cccnc3)nc(N3CC4C(N)C4C3)c12. The van der Waals surface area contributed by atoms with Gasteiger partial charge in [-0.05, 0) is 137 Å². The molecule has 11 heterocycles. The highest BCUT2D eigenvalue weighted by Gasteiger charge is 2.55. The zero-order valence-corrected chi connectivity index (χ0v) is 52.3. The quantitative estimate of drug-likeness (QED) is 0.0426. The second-order valence-electron chi connectivity index (χ2n) is 24.2. The van der Waals surface area contributed by atoms with Crippen molar-refractivity contribution in [1.29, 1.82) is 0 Å². The summed E-state index contributed by atoms with van der Waals surface area (Å²) in [7, 11) is 5.33. The fourth-order valence-corrected chi connectivity index (χ4v) is 13.1. The molecule has 12 aromatic rings. The average molecular weight is 1260 g/mol. The van der Waals surface area contributed by atoms with Crippen LogP contribution < -0.4 is 62.5 Å². The molecule has 0 amide bonds. The highest BCUT2D eigenvalue weighted by Crippen LogP contribution is 2.52. The molecule has 16 rings (SSSR count). The number of fused-ring (bicyclic) bond motifs is 10. The van der Waals surface area contributed by atoms with E-state index in [9.17, 15) is 13.2 Å². The number of benzene rings is 3. The van der Waals surface area contributed by atoms with Gasteiger partial charge < -0.3 is 77.4 Å². The molecule has 3 atom stereocenters. The number of hydrogen-bond donors (Lipinski definition) is 10. The molecular weight excluding hydrogens is 1190 g/mol. The first-order valence-electron chi connectivity index (χ1n) is 30.9. The third-order valence-electron chi connectivity index (χ3n) is 18.4. The summed E-state index contributed by atoms with van der Waals surface area (Å²) in [6.45, 7) is 11.8. The summed E-state index contributed by atoms with van der Waals surface area (Å²) in [6, 6.07) is 18.1. The second-order valence-corrected chi connectivity index (χ2v) is 24.2. The predicted octanol–water partition coefficient (Wildman–Crippen LogP) is 10.8. The molecule has 2 saturated carbocycles. The van der Waals surface area contributed by atoms with Crippen LogP contribution >= 0.6 is 0 Å². The highest BCUT2D eigenvalue weighted by atomic mass is 19.1. The standard InChI is InChI=1S/C24H26FN7O.C21H20FN7O.C21H24FN7O/c1-12-4-5-14(9-28-12)33-23-30-21-19(18-13(2)15(25)8-16(27-3)20(18)29-21)22(31-23)32-10-24(11-32)7-6-17(24)26;1-24-14-5-4-13(22)15-16-19(26-18(14)15)27-21(30-10-3-2-6-25-7-10)28-20(16)29-8-11-12(9-29)17(11)23;1-11-5-6-13(10-26-11)30-21-28-19(25-8-4-7-23)17-16-12(2)14(22)9-15(24-3)18(16)27-20(17)29-21/h4-5,8-9,17,27H,6-7,10-11,26H2,1-3H3,(H,29,30,31);2-7,11-12,17,24H,8-9,23H2,1H3,(H,26,27,28);5-6,9-10,24H,4,7-8,23H2,1-3H3,(H2,25,27,28,29). The van der Waals surface area contributed by atoms with E-state index in [0.29, 0.717) is 115 Å². The van der Waals surface area contributed by atoms with E-state index in [4.69, 9.17) is 41.4 Å². The third-order valence-corrected chi connectivity index (χ3v) is 18.4. The van der Waals surface area contributed by atoms with Gasteiger partial charge in [-0.1, -0.05) is 0 Å². The van der Waals surface area contributed by atoms with Crippen LogP contribution in [0.2, 0.25) is 0 Å². The Morgan fingerprint density at radius 1 is 0.581 bits per heavy atom. The Balaban J connectivity index is 0.000000121. The van der Waals surface area contributed by atoms with Crippen LogP contribution in [0.25, 0.3) is 65.8 Å². The molecule has 2 aliphatic heterocycles. The van der Waals surface area contributed by atoms with E-state index in [1.807, 2.05) is 32.0 Å². The number of hydrogen-bond acceptors (Lipinski definition) is 21. The number of ether oxygens (including phenoxy) is 3. The van der Waals surface area contributed by atoms with Crippen molar-refractivity contribution >= 4 is 100 Å². The zero-order valence-electron chi connectivity index (χ0n) is 52.3. The van der Waals surface area contributed by atoms with Gasteiger partial charge in [0.2, 0.25) is 0 Å². The number of nitrogens with zero attached hydrogens (tertiary/aromatic N) is 11. The number of piperidine rings is 1. The number of H-pyrrole nitrogens is 3. The Hall–Kier alpha value is -10.4. The number of nitrogens with one attached hydrogen (secondary N) is 7. The van der Waals surface area contributed by atoms with Crippen molar-refractivity contribution in [3.05, 3.63) is 125 Å². The van der Waals surface area contributed by atoms with Crippen LogP contribution in [-0.4, -0.2) is 132 Å². The first-order valence-corrected chi connectivity index (χ1v) is 30.9. The van der Waals surface area contributed by atoms with Gasteiger partial charge in [0, 0.05) is 99.7 Å². The van der Waals surface area contributed by atoms with E-state index in [-0.39, 0.29) is 53.0 Å². The lowest BCUT2D eigenvalue weighted by Crippen LogP contribution is -2.69. The fourth-order valence-electron chi connectivity index (χ4n) is 13.1. The molecule has 2 aliphatic carbocycles. The van der Waals surface area contributed by atoms with Crippen LogP contribution in [0.5, 0.6) is 35.3 Å². The van der Waals surface area contributed by atoms with E-state index in [0.717, 1.165) is 95.5 Å². The van der Waals surface area contributed by atoms with Crippen LogP contribution in [0.15, 0.2) is 85.5 Å². The summed E-state index contributed by atoms with van der Waals surface area (Å²) in [4.78, 5) is 54.7. The zero-order chi connectivity index (χ0) is 64.6. The Morgan fingerprint density at radius 3 is 1.59 bits per heavy atom. The molecule has 24 nitrogen and oxygen atoms in total. The monoisotopic (exact) mass is 1260 g/mol. The van der Waals surface area contributed by atoms with Crippen molar-refractivity contribution in [2.75, 3.05) is 91.5 Å². The Bertz CT molecular complexity index is 4820. The molecule has 27 heteroatoms. The van der Waals surface area contributed by atoms with Crippen molar-refractivity contribution in [3.63, 3.8) is 0 Å². The number of anilines is 6. The van der Waals surface area contributed by atoms with Crippen LogP contribution in [-0.2, 0) is 0 Å². The topological polar surface area (TPSA) is 324 Å². The van der Waals surface area contributed by atoms with E-state index in [2.05, 4.69) is 80.9 Å². The normalized spacial score (nSPS) is 17.6. The van der Waals surface area contributed by atoms with Crippen molar-refractivity contribution in [2.24, 2.45) is 34.5 Å². The van der Waals surface area contributed by atoms with Gasteiger partial charge in [-0.2, -0.15) is 29.9 Å². The lowest BCUT2D eigenvalue weighted by atomic mass is 9.60. The summed E-state index contributed by atoms with van der Waals surface area (Å²) in [6.07, 6.45) is 9.49. The van der Waals surface area contributed by atoms with Gasteiger partial charge in [-0.3, -0.25) is 15.0 Å². The van der Waals surface area contributed by atoms with Gasteiger partial charge in [0.25, 0.3) is 0 Å². The molecular formula is C66H70F3N21O3. The van der Waals surface area contributed by atoms with E-state index in [1.54, 1.807) is 84.0 Å². The van der Waals surface area contributed by atoms with Gasteiger partial charge >= 0.3 is 18.0 Å². The maximum absolute atomic E-state index is 14.9. The molecule has 9 aromatic heterocycles. The van der Waals surface area contributed by atoms with Gasteiger partial charge in [0.1, 0.15) is 69.1 Å². The van der Waals surface area contributed by atoms with Crippen LogP contribution in [0, 0.1) is 62.4 Å². The summed E-state index contributed by atoms with van der Waals surface area (Å²) in [5.74, 6) is 3.61. The molecule has 4 aliphatic rings. The summed E-state index contributed by atoms with van der Waals surface area (Å²) >= 11 is 0. The van der Waals surface area contributed by atoms with Crippen molar-refractivity contribution < 1.29 is 27.4 Å². The number of pyridine rings is 3. The largest absolute Gasteiger partial charge is 0.423 e. The molecule has 3 unspecified atom stereocenters. The third kappa shape index (κ3) is 10.9. The van der Waals surface area contributed by atoms with Gasteiger partial charge in [0.15, 0.2) is 0 Å². The lowest BCUT2D eigenvalue weighted by Gasteiger charge is -2.60. The first kappa shape index (κ1) is 60.2. The van der Waals surface area contributed by atoms with Gasteiger partial charge in [-0.25, -0.2) is 13.2 Å². The van der Waals surface area contributed by atoms with Crippen molar-refractivity contribution in [1.82, 2.24) is 59.8 Å². The van der Waals surface area contributed by atoms with Gasteiger partial charge in [0.05, 0.1) is 73.7 Å².